The van der Waals surface area contributed by atoms with E-state index in [9.17, 15) is 9.59 Å². The molecule has 1 heterocycles. The molecule has 0 aromatic heterocycles. The van der Waals surface area contributed by atoms with Crippen LogP contribution in [-0.2, 0) is 19.1 Å². The van der Waals surface area contributed by atoms with Crippen molar-refractivity contribution in [1.82, 2.24) is 0 Å². The van der Waals surface area contributed by atoms with Crippen LogP contribution in [0.3, 0.4) is 0 Å². The molecule has 5 rings (SSSR count). The average molecular weight is 304 g/mol. The Labute approximate surface area is 131 Å². The third-order valence-electron chi connectivity index (χ3n) is 6.75. The van der Waals surface area contributed by atoms with Gasteiger partial charge in [-0.3, -0.25) is 0 Å². The number of hydrogen-bond donors (Lipinski definition) is 0. The predicted molar refractivity (Wildman–Crippen MR) is 79.8 cm³/mol. The van der Waals surface area contributed by atoms with Crippen LogP contribution in [0.25, 0.3) is 0 Å². The molecule has 0 aromatic carbocycles. The summed E-state index contributed by atoms with van der Waals surface area (Å²) in [5, 5.41) is 0. The minimum absolute atomic E-state index is 0.104. The third-order valence-corrected chi connectivity index (χ3v) is 6.75. The molecule has 1 aliphatic heterocycles. The first kappa shape index (κ1) is 14.3. The molecule has 0 aromatic rings. The Kier molecular flexibility index (Phi) is 2.98. The Morgan fingerprint density at radius 3 is 2.23 bits per heavy atom. The Balaban J connectivity index is 1.58. The molecule has 4 saturated carbocycles. The molecule has 4 aliphatic carbocycles. The van der Waals surface area contributed by atoms with E-state index in [4.69, 9.17) is 9.47 Å². The molecule has 4 bridgehead atoms. The van der Waals surface area contributed by atoms with Gasteiger partial charge in [-0.2, -0.15) is 0 Å². The summed E-state index contributed by atoms with van der Waals surface area (Å²) in [4.78, 5) is 23.6. The van der Waals surface area contributed by atoms with Gasteiger partial charge in [0.2, 0.25) is 6.10 Å². The maximum atomic E-state index is 12.2. The van der Waals surface area contributed by atoms with Crippen molar-refractivity contribution in [3.8, 4) is 0 Å². The summed E-state index contributed by atoms with van der Waals surface area (Å²) in [7, 11) is 0. The number of cyclic esters (lactones) is 1. The molecular weight excluding hydrogens is 280 g/mol. The molecule has 0 radical (unpaired) electrons. The lowest BCUT2D eigenvalue weighted by Crippen LogP contribution is -2.57. The minimum Gasteiger partial charge on any atom is -0.456 e. The zero-order valence-electron chi connectivity index (χ0n) is 13.2. The summed E-state index contributed by atoms with van der Waals surface area (Å²) in [6, 6.07) is 0. The topological polar surface area (TPSA) is 52.6 Å². The number of ether oxygens (including phenoxy) is 2. The van der Waals surface area contributed by atoms with E-state index >= 15 is 0 Å². The Hall–Kier alpha value is -1.32. The average Bonchev–Trinajstić information content (AvgIpc) is 2.73. The summed E-state index contributed by atoms with van der Waals surface area (Å²) in [5.74, 6) is 1.48. The van der Waals surface area contributed by atoms with Crippen molar-refractivity contribution < 1.29 is 19.1 Å². The molecule has 1 saturated heterocycles. The van der Waals surface area contributed by atoms with Crippen molar-refractivity contribution in [2.75, 3.05) is 0 Å². The highest BCUT2D eigenvalue weighted by Crippen LogP contribution is 2.66. The molecule has 4 heteroatoms. The molecule has 0 amide bonds. The van der Waals surface area contributed by atoms with Crippen molar-refractivity contribution in [3.05, 3.63) is 12.7 Å². The standard InChI is InChI=1S/C18H24O4/c1-3-15(19)21-14-10-17(2,22-16(14)20)18-7-11-4-12(8-18)6-13(5-11)9-18/h3,11-14H,1,4-10H2,2H3. The molecule has 120 valence electrons. The number of carbonyl (C=O) groups excluding carboxylic acids is 2. The van der Waals surface area contributed by atoms with E-state index < -0.39 is 17.7 Å². The molecule has 0 spiro atoms. The van der Waals surface area contributed by atoms with E-state index in [-0.39, 0.29) is 11.4 Å². The second-order valence-electron chi connectivity index (χ2n) is 8.18. The van der Waals surface area contributed by atoms with Crippen LogP contribution in [0.4, 0.5) is 0 Å². The number of carbonyl (C=O) groups is 2. The first-order valence-corrected chi connectivity index (χ1v) is 8.49. The lowest BCUT2D eigenvalue weighted by atomic mass is 9.45. The lowest BCUT2D eigenvalue weighted by Gasteiger charge is -2.61. The summed E-state index contributed by atoms with van der Waals surface area (Å²) in [5.41, 5.74) is -0.376. The molecule has 5 aliphatic rings. The minimum atomic E-state index is -0.761. The van der Waals surface area contributed by atoms with Crippen LogP contribution in [-0.4, -0.2) is 23.6 Å². The molecule has 22 heavy (non-hydrogen) atoms. The van der Waals surface area contributed by atoms with E-state index in [0.717, 1.165) is 23.8 Å². The van der Waals surface area contributed by atoms with Crippen LogP contribution < -0.4 is 0 Å². The fourth-order valence-corrected chi connectivity index (χ4v) is 6.13. The second-order valence-corrected chi connectivity index (χ2v) is 8.18. The predicted octanol–water partition coefficient (Wildman–Crippen LogP) is 3.01. The SMILES string of the molecule is C=CC(=O)OC1CC(C)(C23CC4CC(CC(C4)C2)C3)OC1=O. The molecule has 2 atom stereocenters. The van der Waals surface area contributed by atoms with Crippen LogP contribution in [0.15, 0.2) is 12.7 Å². The van der Waals surface area contributed by atoms with Gasteiger partial charge in [-0.1, -0.05) is 6.58 Å². The van der Waals surface area contributed by atoms with E-state index in [2.05, 4.69) is 13.5 Å². The zero-order chi connectivity index (χ0) is 15.5. The van der Waals surface area contributed by atoms with Gasteiger partial charge in [-0.05, 0) is 63.2 Å². The van der Waals surface area contributed by atoms with Crippen molar-refractivity contribution in [2.45, 2.75) is 63.6 Å². The molecule has 0 N–H and O–H groups in total. The highest BCUT2D eigenvalue weighted by atomic mass is 16.6. The number of hydrogen-bond acceptors (Lipinski definition) is 4. The Bertz CT molecular complexity index is 502. The van der Waals surface area contributed by atoms with Crippen molar-refractivity contribution in [3.63, 3.8) is 0 Å². The first-order chi connectivity index (χ1) is 10.4. The van der Waals surface area contributed by atoms with Crippen LogP contribution in [0.5, 0.6) is 0 Å². The van der Waals surface area contributed by atoms with Gasteiger partial charge in [-0.15, -0.1) is 0 Å². The third kappa shape index (κ3) is 1.95. The van der Waals surface area contributed by atoms with Gasteiger partial charge in [-0.25, -0.2) is 9.59 Å². The van der Waals surface area contributed by atoms with Gasteiger partial charge in [0, 0.05) is 17.9 Å². The summed E-state index contributed by atoms with van der Waals surface area (Å²) in [6.07, 6.45) is 8.43. The van der Waals surface area contributed by atoms with Gasteiger partial charge < -0.3 is 9.47 Å². The van der Waals surface area contributed by atoms with Crippen molar-refractivity contribution in [1.29, 1.82) is 0 Å². The quantitative estimate of drug-likeness (QED) is 0.594. The smallest absolute Gasteiger partial charge is 0.348 e. The molecule has 4 nitrogen and oxygen atoms in total. The molecule has 2 unspecified atom stereocenters. The molecule has 5 fully saturated rings. The van der Waals surface area contributed by atoms with Crippen LogP contribution in [0, 0.1) is 23.2 Å². The number of esters is 2. The van der Waals surface area contributed by atoms with Crippen LogP contribution >= 0.6 is 0 Å². The Morgan fingerprint density at radius 2 is 1.73 bits per heavy atom. The highest BCUT2D eigenvalue weighted by Gasteiger charge is 2.64. The summed E-state index contributed by atoms with van der Waals surface area (Å²) in [6.45, 7) is 5.46. The monoisotopic (exact) mass is 304 g/mol. The van der Waals surface area contributed by atoms with Gasteiger partial charge >= 0.3 is 11.9 Å². The number of rotatable bonds is 3. The normalized spacial score (nSPS) is 49.0. The fourth-order valence-electron chi connectivity index (χ4n) is 6.13. The largest absolute Gasteiger partial charge is 0.456 e. The van der Waals surface area contributed by atoms with E-state index in [1.54, 1.807) is 0 Å². The van der Waals surface area contributed by atoms with Crippen LogP contribution in [0.1, 0.15) is 51.9 Å². The first-order valence-electron chi connectivity index (χ1n) is 8.49. The lowest BCUT2D eigenvalue weighted by molar-refractivity contribution is -0.188. The van der Waals surface area contributed by atoms with Crippen molar-refractivity contribution in [2.24, 2.45) is 23.2 Å². The van der Waals surface area contributed by atoms with Gasteiger partial charge in [0.05, 0.1) is 0 Å². The maximum Gasteiger partial charge on any atom is 0.348 e. The Morgan fingerprint density at radius 1 is 1.18 bits per heavy atom. The van der Waals surface area contributed by atoms with Gasteiger partial charge in [0.25, 0.3) is 0 Å². The fraction of sp³-hybridized carbons (Fsp3) is 0.778. The zero-order valence-corrected chi connectivity index (χ0v) is 13.2. The van der Waals surface area contributed by atoms with E-state index in [1.165, 1.54) is 38.5 Å². The summed E-state index contributed by atoms with van der Waals surface area (Å²) < 4.78 is 11.0. The second kappa shape index (κ2) is 4.59. The van der Waals surface area contributed by atoms with E-state index in [0.29, 0.717) is 6.42 Å². The van der Waals surface area contributed by atoms with Crippen LogP contribution in [0.2, 0.25) is 0 Å². The maximum absolute atomic E-state index is 12.2. The van der Waals surface area contributed by atoms with Gasteiger partial charge in [0.1, 0.15) is 5.60 Å². The van der Waals surface area contributed by atoms with Crippen molar-refractivity contribution >= 4 is 11.9 Å². The van der Waals surface area contributed by atoms with E-state index in [1.807, 2.05) is 0 Å². The molecular formula is C18H24O4. The summed E-state index contributed by atoms with van der Waals surface area (Å²) >= 11 is 0. The highest BCUT2D eigenvalue weighted by molar-refractivity contribution is 5.86. The van der Waals surface area contributed by atoms with Gasteiger partial charge in [0.15, 0.2) is 0 Å².